The summed E-state index contributed by atoms with van der Waals surface area (Å²) in [5, 5.41) is 0. The molecule has 1 aromatic rings. The Morgan fingerprint density at radius 2 is 1.77 bits per heavy atom. The van der Waals surface area contributed by atoms with Crippen LogP contribution in [-0.2, 0) is 4.74 Å². The van der Waals surface area contributed by atoms with Gasteiger partial charge in [-0.2, -0.15) is 0 Å². The molecule has 13 heavy (non-hydrogen) atoms. The van der Waals surface area contributed by atoms with Gasteiger partial charge >= 0.3 is 0 Å². The first-order valence-corrected chi connectivity index (χ1v) is 4.90. The standard InChI is InChI=1S/C9H11BrO3/c1-11-7-13-9-5-3-2-4-8(9)12-6-10/h2-5H,6-7H2,1H3. The lowest BCUT2D eigenvalue weighted by atomic mass is 10.3. The Kier molecular flexibility index (Phi) is 4.64. The lowest BCUT2D eigenvalue weighted by molar-refractivity contribution is 0.0491. The number of halogens is 1. The van der Waals surface area contributed by atoms with E-state index in [1.807, 2.05) is 24.3 Å². The number of hydrogen-bond donors (Lipinski definition) is 0. The van der Waals surface area contributed by atoms with Crippen molar-refractivity contribution in [3.63, 3.8) is 0 Å². The van der Waals surface area contributed by atoms with Crippen LogP contribution in [0.5, 0.6) is 11.5 Å². The zero-order chi connectivity index (χ0) is 9.52. The fourth-order valence-electron chi connectivity index (χ4n) is 0.870. The van der Waals surface area contributed by atoms with Gasteiger partial charge in [0.25, 0.3) is 0 Å². The van der Waals surface area contributed by atoms with Gasteiger partial charge in [0.15, 0.2) is 18.3 Å². The van der Waals surface area contributed by atoms with Gasteiger partial charge in [-0.3, -0.25) is 0 Å². The van der Waals surface area contributed by atoms with Crippen LogP contribution in [0.1, 0.15) is 0 Å². The molecule has 0 N–H and O–H groups in total. The van der Waals surface area contributed by atoms with Crippen molar-refractivity contribution in [2.24, 2.45) is 0 Å². The highest BCUT2D eigenvalue weighted by atomic mass is 79.9. The fraction of sp³-hybridized carbons (Fsp3) is 0.333. The van der Waals surface area contributed by atoms with Crippen LogP contribution >= 0.6 is 15.9 Å². The molecule has 1 aromatic carbocycles. The molecule has 0 aromatic heterocycles. The molecule has 0 radical (unpaired) electrons. The molecule has 0 saturated carbocycles. The molecule has 0 atom stereocenters. The van der Waals surface area contributed by atoms with Gasteiger partial charge in [-0.25, -0.2) is 0 Å². The second kappa shape index (κ2) is 5.83. The maximum Gasteiger partial charge on any atom is 0.188 e. The first-order chi connectivity index (χ1) is 6.38. The molecule has 0 unspecified atom stereocenters. The molecule has 0 amide bonds. The Balaban J connectivity index is 2.66. The van der Waals surface area contributed by atoms with Crippen molar-refractivity contribution in [2.45, 2.75) is 0 Å². The van der Waals surface area contributed by atoms with Crippen LogP contribution in [0.3, 0.4) is 0 Å². The van der Waals surface area contributed by atoms with E-state index in [4.69, 9.17) is 14.2 Å². The van der Waals surface area contributed by atoms with Gasteiger partial charge < -0.3 is 14.2 Å². The zero-order valence-electron chi connectivity index (χ0n) is 7.33. The highest BCUT2D eigenvalue weighted by molar-refractivity contribution is 9.09. The van der Waals surface area contributed by atoms with Gasteiger partial charge in [0.05, 0.1) is 0 Å². The molecule has 0 aliphatic heterocycles. The highest BCUT2D eigenvalue weighted by Crippen LogP contribution is 2.26. The third-order valence-corrected chi connectivity index (χ3v) is 1.62. The minimum atomic E-state index is 0.225. The average molecular weight is 247 g/mol. The molecule has 0 fully saturated rings. The topological polar surface area (TPSA) is 27.7 Å². The minimum Gasteiger partial charge on any atom is -0.479 e. The summed E-state index contributed by atoms with van der Waals surface area (Å²) < 4.78 is 15.3. The number of rotatable bonds is 5. The Hall–Kier alpha value is -0.740. The Morgan fingerprint density at radius 1 is 1.15 bits per heavy atom. The number of para-hydroxylation sites is 2. The summed E-state index contributed by atoms with van der Waals surface area (Å²) in [4.78, 5) is 0. The molecule has 3 nitrogen and oxygen atoms in total. The molecule has 0 aliphatic carbocycles. The van der Waals surface area contributed by atoms with Crippen LogP contribution in [0.2, 0.25) is 0 Å². The number of benzene rings is 1. The third kappa shape index (κ3) is 3.24. The van der Waals surface area contributed by atoms with Gasteiger partial charge in [0.2, 0.25) is 0 Å². The van der Waals surface area contributed by atoms with E-state index >= 15 is 0 Å². The Labute approximate surface area is 85.7 Å². The molecular weight excluding hydrogens is 236 g/mol. The van der Waals surface area contributed by atoms with Gasteiger partial charge in [0.1, 0.15) is 5.52 Å². The normalized spacial score (nSPS) is 9.69. The van der Waals surface area contributed by atoms with Gasteiger partial charge in [0, 0.05) is 7.11 Å². The van der Waals surface area contributed by atoms with Crippen molar-refractivity contribution in [1.82, 2.24) is 0 Å². The lowest BCUT2D eigenvalue weighted by Gasteiger charge is -2.09. The smallest absolute Gasteiger partial charge is 0.188 e. The fourth-order valence-corrected chi connectivity index (χ4v) is 1.12. The predicted octanol–water partition coefficient (Wildman–Crippen LogP) is 2.40. The van der Waals surface area contributed by atoms with Gasteiger partial charge in [-0.15, -0.1) is 0 Å². The molecule has 4 heteroatoms. The number of methoxy groups -OCH3 is 1. The molecule has 1 rings (SSSR count). The summed E-state index contributed by atoms with van der Waals surface area (Å²) in [6.45, 7) is 0.225. The molecule has 0 bridgehead atoms. The van der Waals surface area contributed by atoms with E-state index in [0.29, 0.717) is 17.0 Å². The van der Waals surface area contributed by atoms with E-state index in [0.717, 1.165) is 0 Å². The largest absolute Gasteiger partial charge is 0.479 e. The van der Waals surface area contributed by atoms with E-state index in [9.17, 15) is 0 Å². The predicted molar refractivity (Wildman–Crippen MR) is 53.4 cm³/mol. The average Bonchev–Trinajstić information content (AvgIpc) is 2.17. The van der Waals surface area contributed by atoms with Crippen molar-refractivity contribution in [3.05, 3.63) is 24.3 Å². The summed E-state index contributed by atoms with van der Waals surface area (Å²) in [6, 6.07) is 7.44. The molecule has 0 spiro atoms. The molecule has 0 aliphatic rings. The Bertz CT molecular complexity index is 252. The maximum absolute atomic E-state index is 5.27. The van der Waals surface area contributed by atoms with Crippen LogP contribution < -0.4 is 9.47 Å². The summed E-state index contributed by atoms with van der Waals surface area (Å²) in [7, 11) is 1.58. The second-order valence-electron chi connectivity index (χ2n) is 2.25. The highest BCUT2D eigenvalue weighted by Gasteiger charge is 2.01. The van der Waals surface area contributed by atoms with E-state index in [-0.39, 0.29) is 6.79 Å². The van der Waals surface area contributed by atoms with Crippen LogP contribution in [0.25, 0.3) is 0 Å². The molecule has 0 heterocycles. The first-order valence-electron chi connectivity index (χ1n) is 3.78. The monoisotopic (exact) mass is 246 g/mol. The summed E-state index contributed by atoms with van der Waals surface area (Å²) in [6.07, 6.45) is 0. The maximum atomic E-state index is 5.27. The van der Waals surface area contributed by atoms with Crippen molar-refractivity contribution >= 4 is 15.9 Å². The van der Waals surface area contributed by atoms with Gasteiger partial charge in [-0.1, -0.05) is 12.1 Å². The van der Waals surface area contributed by atoms with Crippen LogP contribution in [0, 0.1) is 0 Å². The quantitative estimate of drug-likeness (QED) is 0.590. The van der Waals surface area contributed by atoms with Crippen molar-refractivity contribution in [2.75, 3.05) is 19.4 Å². The number of hydrogen-bond acceptors (Lipinski definition) is 3. The van der Waals surface area contributed by atoms with E-state index in [2.05, 4.69) is 15.9 Å². The first kappa shape index (κ1) is 10.3. The van der Waals surface area contributed by atoms with E-state index in [1.54, 1.807) is 7.11 Å². The third-order valence-electron chi connectivity index (χ3n) is 1.39. The van der Waals surface area contributed by atoms with Crippen molar-refractivity contribution < 1.29 is 14.2 Å². The van der Waals surface area contributed by atoms with Crippen molar-refractivity contribution in [1.29, 1.82) is 0 Å². The Morgan fingerprint density at radius 3 is 2.31 bits per heavy atom. The lowest BCUT2D eigenvalue weighted by Crippen LogP contribution is -2.01. The van der Waals surface area contributed by atoms with E-state index < -0.39 is 0 Å². The zero-order valence-corrected chi connectivity index (χ0v) is 8.91. The molecular formula is C9H11BrO3. The SMILES string of the molecule is COCOc1ccccc1OCBr. The summed E-state index contributed by atoms with van der Waals surface area (Å²) in [5.41, 5.74) is 0.445. The summed E-state index contributed by atoms with van der Waals surface area (Å²) in [5.74, 6) is 1.39. The molecule has 0 saturated heterocycles. The van der Waals surface area contributed by atoms with Crippen LogP contribution in [-0.4, -0.2) is 19.4 Å². The van der Waals surface area contributed by atoms with Gasteiger partial charge in [-0.05, 0) is 28.1 Å². The van der Waals surface area contributed by atoms with Crippen molar-refractivity contribution in [3.8, 4) is 11.5 Å². The molecule has 72 valence electrons. The number of alkyl halides is 1. The number of ether oxygens (including phenoxy) is 3. The second-order valence-corrected chi connectivity index (χ2v) is 2.71. The van der Waals surface area contributed by atoms with E-state index in [1.165, 1.54) is 0 Å². The summed E-state index contributed by atoms with van der Waals surface area (Å²) >= 11 is 3.18. The minimum absolute atomic E-state index is 0.225. The van der Waals surface area contributed by atoms with Crippen LogP contribution in [0.15, 0.2) is 24.3 Å². The van der Waals surface area contributed by atoms with Crippen LogP contribution in [0.4, 0.5) is 0 Å².